The number of rotatable bonds is 5. The van der Waals surface area contributed by atoms with Gasteiger partial charge in [-0.15, -0.1) is 11.6 Å². The van der Waals surface area contributed by atoms with Gasteiger partial charge in [0.25, 0.3) is 0 Å². The van der Waals surface area contributed by atoms with Gasteiger partial charge in [0.15, 0.2) is 0 Å². The Morgan fingerprint density at radius 3 is 2.71 bits per heavy atom. The molecular weight excluding hydrogens is 196 g/mol. The first kappa shape index (κ1) is 11.6. The van der Waals surface area contributed by atoms with Crippen molar-refractivity contribution in [1.82, 2.24) is 9.78 Å². The quantitative estimate of drug-likeness (QED) is 0.689. The van der Waals surface area contributed by atoms with Gasteiger partial charge in [-0.05, 0) is 39.2 Å². The normalized spacial score (nSPS) is 13.1. The highest BCUT2D eigenvalue weighted by Crippen LogP contribution is 2.11. The van der Waals surface area contributed by atoms with Gasteiger partial charge in [0.1, 0.15) is 0 Å². The lowest BCUT2D eigenvalue weighted by molar-refractivity contribution is 0.602. The van der Waals surface area contributed by atoms with E-state index in [9.17, 15) is 0 Å². The molecule has 80 valence electrons. The molecule has 1 heterocycles. The first-order valence-electron chi connectivity index (χ1n) is 5.37. The van der Waals surface area contributed by atoms with Gasteiger partial charge in [-0.25, -0.2) is 0 Å². The molecule has 0 aliphatic rings. The van der Waals surface area contributed by atoms with Crippen LogP contribution in [-0.4, -0.2) is 15.2 Å². The monoisotopic (exact) mass is 214 g/mol. The molecule has 1 aromatic rings. The molecule has 0 saturated carbocycles. The van der Waals surface area contributed by atoms with Crippen LogP contribution < -0.4 is 0 Å². The van der Waals surface area contributed by atoms with E-state index < -0.39 is 0 Å². The van der Waals surface area contributed by atoms with Gasteiger partial charge in [0.05, 0.1) is 5.69 Å². The van der Waals surface area contributed by atoms with E-state index in [0.29, 0.717) is 0 Å². The highest BCUT2D eigenvalue weighted by Gasteiger charge is 2.06. The maximum atomic E-state index is 5.93. The van der Waals surface area contributed by atoms with Crippen LogP contribution >= 0.6 is 11.6 Å². The highest BCUT2D eigenvalue weighted by molar-refractivity contribution is 6.20. The lowest BCUT2D eigenvalue weighted by Gasteiger charge is -2.05. The molecule has 1 unspecified atom stereocenters. The molecule has 0 fully saturated rings. The van der Waals surface area contributed by atoms with Gasteiger partial charge in [0, 0.05) is 17.6 Å². The summed E-state index contributed by atoms with van der Waals surface area (Å²) in [5, 5.41) is 4.75. The Morgan fingerprint density at radius 2 is 2.21 bits per heavy atom. The lowest BCUT2D eigenvalue weighted by atomic mass is 10.2. The summed E-state index contributed by atoms with van der Waals surface area (Å²) in [7, 11) is 0. The van der Waals surface area contributed by atoms with Gasteiger partial charge < -0.3 is 0 Å². The van der Waals surface area contributed by atoms with Crippen LogP contribution in [0.25, 0.3) is 0 Å². The van der Waals surface area contributed by atoms with E-state index in [-0.39, 0.29) is 5.38 Å². The molecule has 2 nitrogen and oxygen atoms in total. The number of aryl methyl sites for hydroxylation is 3. The van der Waals surface area contributed by atoms with Crippen LogP contribution in [0.3, 0.4) is 0 Å². The van der Waals surface area contributed by atoms with Crippen molar-refractivity contribution in [3.05, 3.63) is 17.5 Å². The molecule has 0 aliphatic carbocycles. The second-order valence-electron chi connectivity index (χ2n) is 3.62. The van der Waals surface area contributed by atoms with Crippen molar-refractivity contribution < 1.29 is 0 Å². The Bertz CT molecular complexity index is 279. The molecule has 0 aliphatic heterocycles. The van der Waals surface area contributed by atoms with Crippen molar-refractivity contribution >= 4 is 11.6 Å². The Morgan fingerprint density at radius 1 is 1.50 bits per heavy atom. The number of aromatic nitrogens is 2. The maximum absolute atomic E-state index is 5.93. The van der Waals surface area contributed by atoms with Crippen molar-refractivity contribution in [2.24, 2.45) is 0 Å². The van der Waals surface area contributed by atoms with E-state index in [0.717, 1.165) is 25.8 Å². The third-order valence-electron chi connectivity index (χ3n) is 2.37. The molecule has 1 atom stereocenters. The van der Waals surface area contributed by atoms with E-state index in [2.05, 4.69) is 29.7 Å². The van der Waals surface area contributed by atoms with Crippen LogP contribution in [0, 0.1) is 0 Å². The fourth-order valence-corrected chi connectivity index (χ4v) is 1.62. The van der Waals surface area contributed by atoms with Crippen LogP contribution in [0.1, 0.15) is 38.6 Å². The number of hydrogen-bond donors (Lipinski definition) is 0. The van der Waals surface area contributed by atoms with Gasteiger partial charge in [-0.3, -0.25) is 4.68 Å². The Balaban J connectivity index is 2.68. The molecule has 0 spiro atoms. The molecule has 1 rings (SSSR count). The fraction of sp³-hybridized carbons (Fsp3) is 0.727. The van der Waals surface area contributed by atoms with Crippen molar-refractivity contribution in [1.29, 1.82) is 0 Å². The van der Waals surface area contributed by atoms with Crippen molar-refractivity contribution in [3.8, 4) is 0 Å². The van der Waals surface area contributed by atoms with E-state index >= 15 is 0 Å². The van der Waals surface area contributed by atoms with Crippen molar-refractivity contribution in [2.75, 3.05) is 0 Å². The average Bonchev–Trinajstić information content (AvgIpc) is 2.57. The van der Waals surface area contributed by atoms with E-state index in [1.54, 1.807) is 0 Å². The van der Waals surface area contributed by atoms with E-state index in [1.165, 1.54) is 11.4 Å². The predicted molar refractivity (Wildman–Crippen MR) is 60.9 cm³/mol. The Labute approximate surface area is 91.3 Å². The van der Waals surface area contributed by atoms with Crippen LogP contribution in [0.15, 0.2) is 6.07 Å². The van der Waals surface area contributed by atoms with Crippen LogP contribution in [0.2, 0.25) is 0 Å². The SMILES string of the molecule is CCc1cc(CCC(C)Cl)n(CC)n1. The largest absolute Gasteiger partial charge is 0.270 e. The maximum Gasteiger partial charge on any atom is 0.0624 e. The first-order chi connectivity index (χ1) is 6.67. The summed E-state index contributed by atoms with van der Waals surface area (Å²) < 4.78 is 2.08. The third kappa shape index (κ3) is 3.02. The highest BCUT2D eigenvalue weighted by atomic mass is 35.5. The average molecular weight is 215 g/mol. The minimum Gasteiger partial charge on any atom is -0.270 e. The molecule has 0 saturated heterocycles. The zero-order valence-electron chi connectivity index (χ0n) is 9.26. The van der Waals surface area contributed by atoms with Gasteiger partial charge in [-0.2, -0.15) is 5.10 Å². The summed E-state index contributed by atoms with van der Waals surface area (Å²) in [5.41, 5.74) is 2.50. The summed E-state index contributed by atoms with van der Waals surface area (Å²) in [6, 6.07) is 2.20. The second kappa shape index (κ2) is 5.40. The van der Waals surface area contributed by atoms with Gasteiger partial charge in [-0.1, -0.05) is 6.92 Å². The summed E-state index contributed by atoms with van der Waals surface area (Å²) in [4.78, 5) is 0. The second-order valence-corrected chi connectivity index (χ2v) is 4.36. The molecule has 0 amide bonds. The minimum absolute atomic E-state index is 0.250. The smallest absolute Gasteiger partial charge is 0.0624 e. The lowest BCUT2D eigenvalue weighted by Crippen LogP contribution is -2.04. The minimum atomic E-state index is 0.250. The van der Waals surface area contributed by atoms with Crippen molar-refractivity contribution in [2.45, 2.75) is 52.0 Å². The predicted octanol–water partition coefficient (Wildman–Crippen LogP) is 3.03. The molecule has 0 radical (unpaired) electrons. The Kier molecular flexibility index (Phi) is 4.46. The standard InChI is InChI=1S/C11H19ClN2/c1-4-10-8-11(7-6-9(3)12)14(5-2)13-10/h8-9H,4-7H2,1-3H3. The molecule has 0 bridgehead atoms. The number of alkyl halides is 1. The summed E-state index contributed by atoms with van der Waals surface area (Å²) >= 11 is 5.93. The Hall–Kier alpha value is -0.500. The van der Waals surface area contributed by atoms with Gasteiger partial charge >= 0.3 is 0 Å². The van der Waals surface area contributed by atoms with E-state index in [1.807, 2.05) is 6.92 Å². The topological polar surface area (TPSA) is 17.8 Å². The zero-order chi connectivity index (χ0) is 10.6. The summed E-state index contributed by atoms with van der Waals surface area (Å²) in [6.45, 7) is 7.25. The molecule has 1 aromatic heterocycles. The molecule has 14 heavy (non-hydrogen) atoms. The molecule has 0 N–H and O–H groups in total. The van der Waals surface area contributed by atoms with Crippen molar-refractivity contribution in [3.63, 3.8) is 0 Å². The summed E-state index contributed by atoms with van der Waals surface area (Å²) in [5.74, 6) is 0. The molecule has 3 heteroatoms. The third-order valence-corrected chi connectivity index (χ3v) is 2.59. The van der Waals surface area contributed by atoms with Crippen LogP contribution in [0.5, 0.6) is 0 Å². The zero-order valence-corrected chi connectivity index (χ0v) is 10.0. The summed E-state index contributed by atoms with van der Waals surface area (Å²) in [6.07, 6.45) is 3.07. The first-order valence-corrected chi connectivity index (χ1v) is 5.80. The molecule has 0 aromatic carbocycles. The molecular formula is C11H19ClN2. The van der Waals surface area contributed by atoms with Gasteiger partial charge in [0.2, 0.25) is 0 Å². The fourth-order valence-electron chi connectivity index (χ4n) is 1.51. The van der Waals surface area contributed by atoms with Crippen LogP contribution in [0.4, 0.5) is 0 Å². The van der Waals surface area contributed by atoms with Crippen LogP contribution in [-0.2, 0) is 19.4 Å². The number of nitrogens with zero attached hydrogens (tertiary/aromatic N) is 2. The number of hydrogen-bond acceptors (Lipinski definition) is 1. The van der Waals surface area contributed by atoms with E-state index in [4.69, 9.17) is 11.6 Å². The number of halogens is 1.